The number of carbonyl (C=O) groups excluding carboxylic acids is 2. The van der Waals surface area contributed by atoms with E-state index >= 15 is 0 Å². The van der Waals surface area contributed by atoms with Gasteiger partial charge >= 0.3 is 0 Å². The number of sulfonamides is 1. The summed E-state index contributed by atoms with van der Waals surface area (Å²) in [7, 11) is -3.54. The summed E-state index contributed by atoms with van der Waals surface area (Å²) in [5.41, 5.74) is 4.10. The Hall–Kier alpha value is -2.87. The van der Waals surface area contributed by atoms with Gasteiger partial charge in [-0.15, -0.1) is 0 Å². The van der Waals surface area contributed by atoms with Crippen LogP contribution in [-0.4, -0.2) is 49.5 Å². The minimum Gasteiger partial charge on any atom is -0.350 e. The lowest BCUT2D eigenvalue weighted by Crippen LogP contribution is -2.52. The van der Waals surface area contributed by atoms with Crippen molar-refractivity contribution in [2.45, 2.75) is 79.4 Å². The highest BCUT2D eigenvalue weighted by Crippen LogP contribution is 2.25. The minimum absolute atomic E-state index is 0.121. The molecule has 1 N–H and O–H groups in total. The lowest BCUT2D eigenvalue weighted by Gasteiger charge is -2.32. The molecule has 0 aliphatic heterocycles. The van der Waals surface area contributed by atoms with Crippen LogP contribution in [0.5, 0.6) is 0 Å². The largest absolute Gasteiger partial charge is 0.350 e. The van der Waals surface area contributed by atoms with Crippen LogP contribution in [0.15, 0.2) is 42.5 Å². The van der Waals surface area contributed by atoms with E-state index < -0.39 is 21.6 Å². The van der Waals surface area contributed by atoms with Crippen molar-refractivity contribution in [3.8, 4) is 0 Å². The van der Waals surface area contributed by atoms with E-state index in [4.69, 9.17) is 0 Å². The highest BCUT2D eigenvalue weighted by Gasteiger charge is 2.29. The molecule has 0 spiro atoms. The third-order valence-electron chi connectivity index (χ3n) is 6.26. The van der Waals surface area contributed by atoms with Crippen molar-refractivity contribution in [2.75, 3.05) is 17.1 Å². The van der Waals surface area contributed by atoms with Crippen LogP contribution in [-0.2, 0) is 26.2 Å². The number of benzene rings is 2. The van der Waals surface area contributed by atoms with Gasteiger partial charge in [0.05, 0.1) is 11.9 Å². The fraction of sp³-hybridized carbons (Fsp3) is 0.500. The molecule has 0 aromatic heterocycles. The minimum atomic E-state index is -3.54. The Morgan fingerprint density at radius 1 is 0.972 bits per heavy atom. The Balaban J connectivity index is 2.24. The maximum absolute atomic E-state index is 13.4. The highest BCUT2D eigenvalue weighted by atomic mass is 32.2. The molecule has 0 aliphatic carbocycles. The van der Waals surface area contributed by atoms with Gasteiger partial charge in [-0.1, -0.05) is 36.4 Å². The summed E-state index contributed by atoms with van der Waals surface area (Å²) < 4.78 is 26.5. The first-order chi connectivity index (χ1) is 16.6. The van der Waals surface area contributed by atoms with Crippen LogP contribution in [0.3, 0.4) is 0 Å². The van der Waals surface area contributed by atoms with Crippen molar-refractivity contribution in [1.29, 1.82) is 0 Å². The Morgan fingerprint density at radius 3 is 2.17 bits per heavy atom. The van der Waals surface area contributed by atoms with Crippen molar-refractivity contribution >= 4 is 27.5 Å². The molecule has 1 atom stereocenters. The predicted molar refractivity (Wildman–Crippen MR) is 146 cm³/mol. The van der Waals surface area contributed by atoms with E-state index in [1.165, 1.54) is 10.6 Å². The maximum Gasteiger partial charge on any atom is 0.242 e. The van der Waals surface area contributed by atoms with E-state index in [1.807, 2.05) is 77.9 Å². The standard InChI is InChI=1S/C28H41N3O4S/c1-20-14-11-16-25(22(20)3)31(36(8,34)35)18-12-17-26(32)30(19-24-15-10-9-13-21(24)2)23(4)27(33)29-28(5,6)7/h9-11,13-16,23H,12,17-19H2,1-8H3,(H,29,33)/t23-/m0/s1. The first-order valence-electron chi connectivity index (χ1n) is 12.3. The molecular formula is C28H41N3O4S. The van der Waals surface area contributed by atoms with Gasteiger partial charge in [0.2, 0.25) is 21.8 Å². The van der Waals surface area contributed by atoms with Crippen LogP contribution in [0.2, 0.25) is 0 Å². The van der Waals surface area contributed by atoms with Gasteiger partial charge in [-0.05, 0) is 83.2 Å². The Bertz CT molecular complexity index is 1190. The second-order valence-electron chi connectivity index (χ2n) is 10.5. The summed E-state index contributed by atoms with van der Waals surface area (Å²) in [6.07, 6.45) is 1.63. The first kappa shape index (κ1) is 29.4. The highest BCUT2D eigenvalue weighted by molar-refractivity contribution is 7.92. The van der Waals surface area contributed by atoms with Gasteiger partial charge in [0.15, 0.2) is 0 Å². The molecule has 2 amide bonds. The number of anilines is 1. The van der Waals surface area contributed by atoms with Crippen molar-refractivity contribution in [3.05, 3.63) is 64.7 Å². The second-order valence-corrected chi connectivity index (χ2v) is 12.4. The van der Waals surface area contributed by atoms with E-state index in [0.29, 0.717) is 18.7 Å². The average Bonchev–Trinajstić information content (AvgIpc) is 2.76. The van der Waals surface area contributed by atoms with Gasteiger partial charge < -0.3 is 10.2 Å². The SMILES string of the molecule is Cc1ccccc1CN(C(=O)CCCN(c1cccc(C)c1C)S(C)(=O)=O)[C@@H](C)C(=O)NC(C)(C)C. The molecule has 2 rings (SSSR count). The topological polar surface area (TPSA) is 86.8 Å². The van der Waals surface area contributed by atoms with Crippen LogP contribution < -0.4 is 9.62 Å². The summed E-state index contributed by atoms with van der Waals surface area (Å²) in [4.78, 5) is 28.0. The van der Waals surface area contributed by atoms with Crippen LogP contribution >= 0.6 is 0 Å². The third-order valence-corrected chi connectivity index (χ3v) is 7.44. The molecule has 2 aromatic carbocycles. The summed E-state index contributed by atoms with van der Waals surface area (Å²) in [6.45, 7) is 13.7. The van der Waals surface area contributed by atoms with Gasteiger partial charge in [0.1, 0.15) is 6.04 Å². The molecule has 0 saturated heterocycles. The van der Waals surface area contributed by atoms with Gasteiger partial charge in [-0.25, -0.2) is 8.42 Å². The fourth-order valence-corrected chi connectivity index (χ4v) is 5.03. The molecule has 0 unspecified atom stereocenters. The Labute approximate surface area is 216 Å². The molecule has 0 bridgehead atoms. The number of aryl methyl sites for hydroxylation is 2. The van der Waals surface area contributed by atoms with E-state index in [1.54, 1.807) is 17.9 Å². The average molecular weight is 516 g/mol. The zero-order valence-electron chi connectivity index (χ0n) is 22.9. The lowest BCUT2D eigenvalue weighted by atomic mass is 10.1. The van der Waals surface area contributed by atoms with Crippen LogP contribution in [0.25, 0.3) is 0 Å². The number of amides is 2. The molecule has 0 aliphatic rings. The Morgan fingerprint density at radius 2 is 1.58 bits per heavy atom. The van der Waals surface area contributed by atoms with Crippen molar-refractivity contribution in [2.24, 2.45) is 0 Å². The summed E-state index contributed by atoms with van der Waals surface area (Å²) >= 11 is 0. The zero-order valence-corrected chi connectivity index (χ0v) is 23.7. The smallest absolute Gasteiger partial charge is 0.242 e. The van der Waals surface area contributed by atoms with E-state index in [-0.39, 0.29) is 24.8 Å². The summed E-state index contributed by atoms with van der Waals surface area (Å²) in [6, 6.07) is 12.7. The van der Waals surface area contributed by atoms with Crippen LogP contribution in [0.1, 0.15) is 62.8 Å². The van der Waals surface area contributed by atoms with Crippen molar-refractivity contribution < 1.29 is 18.0 Å². The molecule has 2 aromatic rings. The molecule has 198 valence electrons. The molecular weight excluding hydrogens is 474 g/mol. The molecule has 7 nitrogen and oxygen atoms in total. The molecule has 0 radical (unpaired) electrons. The van der Waals surface area contributed by atoms with Gasteiger partial charge in [0, 0.05) is 25.0 Å². The van der Waals surface area contributed by atoms with E-state index in [9.17, 15) is 18.0 Å². The molecule has 8 heteroatoms. The van der Waals surface area contributed by atoms with Crippen molar-refractivity contribution in [3.63, 3.8) is 0 Å². The summed E-state index contributed by atoms with van der Waals surface area (Å²) in [5.74, 6) is -0.415. The predicted octanol–water partition coefficient (Wildman–Crippen LogP) is 4.49. The number of nitrogens with one attached hydrogen (secondary N) is 1. The number of hydrogen-bond donors (Lipinski definition) is 1. The van der Waals surface area contributed by atoms with E-state index in [2.05, 4.69) is 5.32 Å². The van der Waals surface area contributed by atoms with E-state index in [0.717, 1.165) is 22.3 Å². The quantitative estimate of drug-likeness (QED) is 0.505. The normalized spacial score (nSPS) is 12.7. The third kappa shape index (κ3) is 8.08. The lowest BCUT2D eigenvalue weighted by molar-refractivity contribution is -0.141. The van der Waals surface area contributed by atoms with Gasteiger partial charge in [-0.3, -0.25) is 13.9 Å². The number of hydrogen-bond acceptors (Lipinski definition) is 4. The molecule has 0 saturated carbocycles. The maximum atomic E-state index is 13.4. The van der Waals surface area contributed by atoms with Crippen molar-refractivity contribution in [1.82, 2.24) is 10.2 Å². The first-order valence-corrected chi connectivity index (χ1v) is 14.2. The molecule has 0 fully saturated rings. The summed E-state index contributed by atoms with van der Waals surface area (Å²) in [5, 5.41) is 2.96. The molecule has 36 heavy (non-hydrogen) atoms. The second kappa shape index (κ2) is 11.9. The number of rotatable bonds is 10. The van der Waals surface area contributed by atoms with Crippen LogP contribution in [0.4, 0.5) is 5.69 Å². The van der Waals surface area contributed by atoms with Gasteiger partial charge in [0.25, 0.3) is 0 Å². The number of carbonyl (C=O) groups is 2. The zero-order chi connectivity index (χ0) is 27.3. The number of nitrogens with zero attached hydrogens (tertiary/aromatic N) is 2. The van der Waals surface area contributed by atoms with Crippen LogP contribution in [0, 0.1) is 20.8 Å². The van der Waals surface area contributed by atoms with Gasteiger partial charge in [-0.2, -0.15) is 0 Å². The molecule has 0 heterocycles. The Kier molecular flexibility index (Phi) is 9.71. The fourth-order valence-electron chi connectivity index (χ4n) is 4.02. The monoisotopic (exact) mass is 515 g/mol.